The second kappa shape index (κ2) is 5.19. The Morgan fingerprint density at radius 1 is 1.12 bits per heavy atom. The fourth-order valence-corrected chi connectivity index (χ4v) is 2.36. The molecule has 0 aliphatic heterocycles. The molecule has 90 valence electrons. The molecule has 2 nitrogen and oxygen atoms in total. The quantitative estimate of drug-likeness (QED) is 0.869. The standard InChI is InChI=1S/C15H19NO/c1-11-6-4-7-12(2)15(11)14(16-3)10-13-8-5-9-17-13/h4-9,14,16H,10H2,1-3H3. The van der Waals surface area contributed by atoms with E-state index < -0.39 is 0 Å². The van der Waals surface area contributed by atoms with E-state index in [2.05, 4.69) is 37.4 Å². The van der Waals surface area contributed by atoms with Gasteiger partial charge in [-0.15, -0.1) is 0 Å². The maximum atomic E-state index is 5.43. The smallest absolute Gasteiger partial charge is 0.105 e. The van der Waals surface area contributed by atoms with Crippen LogP contribution in [0.5, 0.6) is 0 Å². The molecule has 0 aliphatic carbocycles. The van der Waals surface area contributed by atoms with Crippen LogP contribution in [0.4, 0.5) is 0 Å². The fourth-order valence-electron chi connectivity index (χ4n) is 2.36. The van der Waals surface area contributed by atoms with E-state index >= 15 is 0 Å². The van der Waals surface area contributed by atoms with Gasteiger partial charge in [0.05, 0.1) is 6.26 Å². The molecule has 0 aliphatic rings. The highest BCUT2D eigenvalue weighted by molar-refractivity contribution is 5.36. The normalized spacial score (nSPS) is 12.6. The highest BCUT2D eigenvalue weighted by Crippen LogP contribution is 2.24. The van der Waals surface area contributed by atoms with Gasteiger partial charge in [-0.2, -0.15) is 0 Å². The Balaban J connectivity index is 2.29. The molecule has 0 amide bonds. The molecule has 1 unspecified atom stereocenters. The van der Waals surface area contributed by atoms with Gasteiger partial charge in [-0.3, -0.25) is 0 Å². The number of hydrogen-bond donors (Lipinski definition) is 1. The SMILES string of the molecule is CNC(Cc1ccco1)c1c(C)cccc1C. The van der Waals surface area contributed by atoms with Crippen LogP contribution in [0, 0.1) is 13.8 Å². The average Bonchev–Trinajstić information content (AvgIpc) is 2.80. The number of likely N-dealkylation sites (N-methyl/N-ethyl adjacent to an activating group) is 1. The molecule has 2 heteroatoms. The Morgan fingerprint density at radius 2 is 1.82 bits per heavy atom. The molecule has 2 aromatic rings. The predicted octanol–water partition coefficient (Wildman–Crippen LogP) is 3.40. The molecule has 1 heterocycles. The molecule has 0 spiro atoms. The summed E-state index contributed by atoms with van der Waals surface area (Å²) < 4.78 is 5.43. The summed E-state index contributed by atoms with van der Waals surface area (Å²) in [5, 5.41) is 3.38. The largest absolute Gasteiger partial charge is 0.469 e. The van der Waals surface area contributed by atoms with Gasteiger partial charge in [0.2, 0.25) is 0 Å². The van der Waals surface area contributed by atoms with Crippen LogP contribution in [0.15, 0.2) is 41.0 Å². The van der Waals surface area contributed by atoms with Crippen molar-refractivity contribution in [2.24, 2.45) is 0 Å². The lowest BCUT2D eigenvalue weighted by Crippen LogP contribution is -2.20. The average molecular weight is 229 g/mol. The number of nitrogens with one attached hydrogen (secondary N) is 1. The molecule has 0 radical (unpaired) electrons. The third-order valence-electron chi connectivity index (χ3n) is 3.22. The van der Waals surface area contributed by atoms with Gasteiger partial charge in [-0.1, -0.05) is 18.2 Å². The summed E-state index contributed by atoms with van der Waals surface area (Å²) in [4.78, 5) is 0. The number of furan rings is 1. The minimum absolute atomic E-state index is 0.308. The van der Waals surface area contributed by atoms with Crippen LogP contribution in [-0.4, -0.2) is 7.05 Å². The zero-order valence-electron chi connectivity index (χ0n) is 10.7. The summed E-state index contributed by atoms with van der Waals surface area (Å²) in [5.74, 6) is 1.02. The Bertz CT molecular complexity index is 453. The summed E-state index contributed by atoms with van der Waals surface area (Å²) in [5.41, 5.74) is 4.04. The second-order valence-electron chi connectivity index (χ2n) is 4.43. The molecular formula is C15H19NO. The highest BCUT2D eigenvalue weighted by atomic mass is 16.3. The van der Waals surface area contributed by atoms with Gasteiger partial charge in [-0.05, 0) is 49.7 Å². The van der Waals surface area contributed by atoms with Crippen molar-refractivity contribution in [2.75, 3.05) is 7.05 Å². The Hall–Kier alpha value is -1.54. The van der Waals surface area contributed by atoms with Crippen LogP contribution in [-0.2, 0) is 6.42 Å². The van der Waals surface area contributed by atoms with E-state index in [-0.39, 0.29) is 0 Å². The third kappa shape index (κ3) is 2.59. The first kappa shape index (κ1) is 11.9. The van der Waals surface area contributed by atoms with Crippen molar-refractivity contribution < 1.29 is 4.42 Å². The lowest BCUT2D eigenvalue weighted by Gasteiger charge is -2.20. The van der Waals surface area contributed by atoms with E-state index in [1.54, 1.807) is 6.26 Å². The third-order valence-corrected chi connectivity index (χ3v) is 3.22. The zero-order chi connectivity index (χ0) is 12.3. The highest BCUT2D eigenvalue weighted by Gasteiger charge is 2.15. The maximum absolute atomic E-state index is 5.43. The number of aryl methyl sites for hydroxylation is 2. The van der Waals surface area contributed by atoms with Gasteiger partial charge in [0.25, 0.3) is 0 Å². The molecule has 0 fully saturated rings. The Morgan fingerprint density at radius 3 is 2.35 bits per heavy atom. The summed E-state index contributed by atoms with van der Waals surface area (Å²) in [6.45, 7) is 4.32. The second-order valence-corrected chi connectivity index (χ2v) is 4.43. The van der Waals surface area contributed by atoms with Crippen molar-refractivity contribution in [3.05, 3.63) is 59.0 Å². The molecule has 0 bridgehead atoms. The Labute approximate surface area is 103 Å². The molecule has 1 aromatic heterocycles. The summed E-state index contributed by atoms with van der Waals surface area (Å²) >= 11 is 0. The first-order chi connectivity index (χ1) is 8.22. The summed E-state index contributed by atoms with van der Waals surface area (Å²) in [7, 11) is 2.00. The van der Waals surface area contributed by atoms with E-state index in [1.165, 1.54) is 16.7 Å². The fraction of sp³-hybridized carbons (Fsp3) is 0.333. The van der Waals surface area contributed by atoms with Gasteiger partial charge < -0.3 is 9.73 Å². The minimum atomic E-state index is 0.308. The van der Waals surface area contributed by atoms with Crippen molar-refractivity contribution in [2.45, 2.75) is 26.3 Å². The molecule has 2 rings (SSSR count). The van der Waals surface area contributed by atoms with E-state index in [9.17, 15) is 0 Å². The van der Waals surface area contributed by atoms with Crippen LogP contribution in [0.1, 0.15) is 28.5 Å². The van der Waals surface area contributed by atoms with E-state index in [0.29, 0.717) is 6.04 Å². The van der Waals surface area contributed by atoms with E-state index in [1.807, 2.05) is 19.2 Å². The van der Waals surface area contributed by atoms with Crippen molar-refractivity contribution in [1.82, 2.24) is 5.32 Å². The van der Waals surface area contributed by atoms with E-state index in [4.69, 9.17) is 4.42 Å². The van der Waals surface area contributed by atoms with Crippen LogP contribution in [0.2, 0.25) is 0 Å². The molecule has 0 saturated heterocycles. The van der Waals surface area contributed by atoms with Crippen molar-refractivity contribution in [3.8, 4) is 0 Å². The minimum Gasteiger partial charge on any atom is -0.469 e. The molecule has 1 atom stereocenters. The van der Waals surface area contributed by atoms with Crippen LogP contribution in [0.3, 0.4) is 0 Å². The molecule has 1 aromatic carbocycles. The number of rotatable bonds is 4. The van der Waals surface area contributed by atoms with Crippen molar-refractivity contribution in [3.63, 3.8) is 0 Å². The molecule has 1 N–H and O–H groups in total. The van der Waals surface area contributed by atoms with Crippen LogP contribution >= 0.6 is 0 Å². The predicted molar refractivity (Wildman–Crippen MR) is 70.1 cm³/mol. The van der Waals surface area contributed by atoms with Gasteiger partial charge in [0, 0.05) is 12.5 Å². The topological polar surface area (TPSA) is 25.2 Å². The van der Waals surface area contributed by atoms with Gasteiger partial charge >= 0.3 is 0 Å². The number of hydrogen-bond acceptors (Lipinski definition) is 2. The van der Waals surface area contributed by atoms with Gasteiger partial charge in [-0.25, -0.2) is 0 Å². The van der Waals surface area contributed by atoms with Crippen molar-refractivity contribution >= 4 is 0 Å². The lowest BCUT2D eigenvalue weighted by atomic mass is 9.93. The van der Waals surface area contributed by atoms with E-state index in [0.717, 1.165) is 12.2 Å². The Kier molecular flexibility index (Phi) is 3.64. The first-order valence-corrected chi connectivity index (χ1v) is 5.98. The van der Waals surface area contributed by atoms with Crippen molar-refractivity contribution in [1.29, 1.82) is 0 Å². The molecule has 17 heavy (non-hydrogen) atoms. The first-order valence-electron chi connectivity index (χ1n) is 5.98. The monoisotopic (exact) mass is 229 g/mol. The molecular weight excluding hydrogens is 210 g/mol. The van der Waals surface area contributed by atoms with Gasteiger partial charge in [0.1, 0.15) is 5.76 Å². The summed E-state index contributed by atoms with van der Waals surface area (Å²) in [6.07, 6.45) is 2.61. The van der Waals surface area contributed by atoms with Crippen LogP contribution < -0.4 is 5.32 Å². The van der Waals surface area contributed by atoms with Crippen LogP contribution in [0.25, 0.3) is 0 Å². The zero-order valence-corrected chi connectivity index (χ0v) is 10.7. The maximum Gasteiger partial charge on any atom is 0.105 e. The van der Waals surface area contributed by atoms with Gasteiger partial charge in [0.15, 0.2) is 0 Å². The lowest BCUT2D eigenvalue weighted by molar-refractivity contribution is 0.464. The molecule has 0 saturated carbocycles. The summed E-state index contributed by atoms with van der Waals surface area (Å²) in [6, 6.07) is 10.7. The number of benzene rings is 1.